The van der Waals surface area contributed by atoms with Crippen LogP contribution >= 0.6 is 0 Å². The van der Waals surface area contributed by atoms with E-state index in [1.807, 2.05) is 70.3 Å². The summed E-state index contributed by atoms with van der Waals surface area (Å²) in [6.45, 7) is 5.84. The van der Waals surface area contributed by atoms with Crippen molar-refractivity contribution in [3.8, 4) is 0 Å². The number of carbonyl (C=O) groups excluding carboxylic acids is 1. The van der Waals surface area contributed by atoms with Crippen molar-refractivity contribution < 1.29 is 4.79 Å². The maximum absolute atomic E-state index is 12.4. The van der Waals surface area contributed by atoms with Crippen molar-refractivity contribution in [3.05, 3.63) is 60.2 Å². The third-order valence-electron chi connectivity index (χ3n) is 3.32. The molecule has 2 nitrogen and oxygen atoms in total. The normalized spacial score (nSPS) is 11.2. The topological polar surface area (TPSA) is 20.3 Å². The van der Waals surface area contributed by atoms with Gasteiger partial charge in [0.1, 0.15) is 0 Å². The lowest BCUT2D eigenvalue weighted by atomic mass is 9.86. The van der Waals surface area contributed by atoms with Gasteiger partial charge in [0.25, 0.3) is 0 Å². The Balaban J connectivity index is 2.33. The molecule has 0 aliphatic rings. The lowest BCUT2D eigenvalue weighted by Crippen LogP contribution is -2.20. The molecule has 0 aliphatic carbocycles. The van der Waals surface area contributed by atoms with Crippen molar-refractivity contribution in [1.29, 1.82) is 0 Å². The molecule has 0 spiro atoms. The summed E-state index contributed by atoms with van der Waals surface area (Å²) in [7, 11) is 2.01. The minimum absolute atomic E-state index is 0.167. The molecular weight excluding hydrogens is 246 g/mol. The summed E-state index contributed by atoms with van der Waals surface area (Å²) in [4.78, 5) is 14.4. The van der Waals surface area contributed by atoms with E-state index < -0.39 is 0 Å². The van der Waals surface area contributed by atoms with Crippen molar-refractivity contribution >= 4 is 17.2 Å². The van der Waals surface area contributed by atoms with Gasteiger partial charge in [-0.3, -0.25) is 4.79 Å². The Labute approximate surface area is 121 Å². The molecule has 0 heterocycles. The molecule has 0 amide bonds. The molecule has 0 N–H and O–H groups in total. The van der Waals surface area contributed by atoms with E-state index >= 15 is 0 Å². The SMILES string of the molecule is CN(c1ccccc1)c1cccc(C(=O)C(C)(C)C)c1. The molecule has 2 aromatic rings. The van der Waals surface area contributed by atoms with Crippen LogP contribution in [0.2, 0.25) is 0 Å². The summed E-state index contributed by atoms with van der Waals surface area (Å²) < 4.78 is 0. The fourth-order valence-electron chi connectivity index (χ4n) is 2.09. The summed E-state index contributed by atoms with van der Waals surface area (Å²) >= 11 is 0. The molecule has 0 unspecified atom stereocenters. The van der Waals surface area contributed by atoms with Crippen LogP contribution in [0.25, 0.3) is 0 Å². The number of carbonyl (C=O) groups is 1. The highest BCUT2D eigenvalue weighted by Gasteiger charge is 2.23. The van der Waals surface area contributed by atoms with Crippen molar-refractivity contribution in [1.82, 2.24) is 0 Å². The van der Waals surface area contributed by atoms with Gasteiger partial charge >= 0.3 is 0 Å². The number of Topliss-reactive ketones (excluding diaryl/α,β-unsaturated/α-hetero) is 1. The average Bonchev–Trinajstić information content (AvgIpc) is 2.46. The molecule has 104 valence electrons. The molecule has 0 saturated carbocycles. The minimum atomic E-state index is -0.357. The first kappa shape index (κ1) is 14.3. The van der Waals surface area contributed by atoms with E-state index in [4.69, 9.17) is 0 Å². The highest BCUT2D eigenvalue weighted by molar-refractivity contribution is 6.00. The first-order chi connectivity index (χ1) is 9.39. The second-order valence-corrected chi connectivity index (χ2v) is 6.02. The Morgan fingerprint density at radius 1 is 0.900 bits per heavy atom. The van der Waals surface area contributed by atoms with Gasteiger partial charge < -0.3 is 4.90 Å². The summed E-state index contributed by atoms with van der Waals surface area (Å²) in [6.07, 6.45) is 0. The zero-order valence-corrected chi connectivity index (χ0v) is 12.6. The third-order valence-corrected chi connectivity index (χ3v) is 3.32. The van der Waals surface area contributed by atoms with Gasteiger partial charge in [-0.25, -0.2) is 0 Å². The second-order valence-electron chi connectivity index (χ2n) is 6.02. The molecule has 0 aliphatic heterocycles. The van der Waals surface area contributed by atoms with E-state index in [9.17, 15) is 4.79 Å². The van der Waals surface area contributed by atoms with E-state index in [2.05, 4.69) is 17.0 Å². The lowest BCUT2D eigenvalue weighted by Gasteiger charge is -2.22. The lowest BCUT2D eigenvalue weighted by molar-refractivity contribution is 0.0858. The number of nitrogens with zero attached hydrogens (tertiary/aromatic N) is 1. The molecule has 0 fully saturated rings. The van der Waals surface area contributed by atoms with Crippen LogP contribution in [-0.2, 0) is 0 Å². The molecule has 0 aromatic heterocycles. The Morgan fingerprint density at radius 3 is 2.10 bits per heavy atom. The zero-order valence-electron chi connectivity index (χ0n) is 12.6. The Morgan fingerprint density at radius 2 is 1.50 bits per heavy atom. The van der Waals surface area contributed by atoms with Crippen molar-refractivity contribution in [3.63, 3.8) is 0 Å². The highest BCUT2D eigenvalue weighted by Crippen LogP contribution is 2.27. The van der Waals surface area contributed by atoms with Crippen molar-refractivity contribution in [2.45, 2.75) is 20.8 Å². The molecule has 0 saturated heterocycles. The Kier molecular flexibility index (Phi) is 3.93. The van der Waals surface area contributed by atoms with Gasteiger partial charge in [0, 0.05) is 29.4 Å². The van der Waals surface area contributed by atoms with Crippen LogP contribution in [0.1, 0.15) is 31.1 Å². The second kappa shape index (κ2) is 5.49. The van der Waals surface area contributed by atoms with Gasteiger partial charge in [0.15, 0.2) is 5.78 Å². The number of hydrogen-bond donors (Lipinski definition) is 0. The van der Waals surface area contributed by atoms with E-state index in [1.165, 1.54) is 0 Å². The summed E-state index contributed by atoms with van der Waals surface area (Å²) in [5.74, 6) is 0.167. The van der Waals surface area contributed by atoms with Crippen LogP contribution in [0.15, 0.2) is 54.6 Å². The highest BCUT2D eigenvalue weighted by atomic mass is 16.1. The fraction of sp³-hybridized carbons (Fsp3) is 0.278. The summed E-state index contributed by atoms with van der Waals surface area (Å²) in [5.41, 5.74) is 2.53. The van der Waals surface area contributed by atoms with Gasteiger partial charge in [-0.15, -0.1) is 0 Å². The van der Waals surface area contributed by atoms with Crippen LogP contribution in [0.4, 0.5) is 11.4 Å². The number of hydrogen-bond acceptors (Lipinski definition) is 2. The van der Waals surface area contributed by atoms with Crippen LogP contribution in [0.3, 0.4) is 0 Å². The van der Waals surface area contributed by atoms with Gasteiger partial charge in [-0.05, 0) is 24.3 Å². The number of benzene rings is 2. The molecular formula is C18H21NO. The quantitative estimate of drug-likeness (QED) is 0.752. The molecule has 2 rings (SSSR count). The largest absolute Gasteiger partial charge is 0.345 e. The van der Waals surface area contributed by atoms with Gasteiger partial charge in [0.2, 0.25) is 0 Å². The molecule has 20 heavy (non-hydrogen) atoms. The van der Waals surface area contributed by atoms with E-state index in [1.54, 1.807) is 0 Å². The molecule has 0 radical (unpaired) electrons. The molecule has 0 atom stereocenters. The maximum atomic E-state index is 12.4. The zero-order chi connectivity index (χ0) is 14.8. The van der Waals surface area contributed by atoms with Crippen LogP contribution in [0, 0.1) is 5.41 Å². The van der Waals surface area contributed by atoms with E-state index in [0.717, 1.165) is 16.9 Å². The van der Waals surface area contributed by atoms with Crippen molar-refractivity contribution in [2.24, 2.45) is 5.41 Å². The van der Waals surface area contributed by atoms with Crippen LogP contribution in [0.5, 0.6) is 0 Å². The van der Waals surface area contributed by atoms with Gasteiger partial charge in [-0.2, -0.15) is 0 Å². The monoisotopic (exact) mass is 267 g/mol. The van der Waals surface area contributed by atoms with Crippen LogP contribution < -0.4 is 4.90 Å². The molecule has 2 aromatic carbocycles. The smallest absolute Gasteiger partial charge is 0.168 e. The molecule has 2 heteroatoms. The number of para-hydroxylation sites is 1. The number of ketones is 1. The maximum Gasteiger partial charge on any atom is 0.168 e. The first-order valence-electron chi connectivity index (χ1n) is 6.83. The minimum Gasteiger partial charge on any atom is -0.345 e. The standard InChI is InChI=1S/C18H21NO/c1-18(2,3)17(20)14-9-8-12-16(13-14)19(4)15-10-6-5-7-11-15/h5-13H,1-4H3. The predicted octanol–water partition coefficient (Wildman–Crippen LogP) is 4.68. The van der Waals surface area contributed by atoms with Crippen LogP contribution in [-0.4, -0.2) is 12.8 Å². The molecule has 0 bridgehead atoms. The number of anilines is 2. The van der Waals surface area contributed by atoms with Gasteiger partial charge in [-0.1, -0.05) is 51.1 Å². The third kappa shape index (κ3) is 3.08. The average molecular weight is 267 g/mol. The van der Waals surface area contributed by atoms with Gasteiger partial charge in [0.05, 0.1) is 0 Å². The van der Waals surface area contributed by atoms with E-state index in [0.29, 0.717) is 0 Å². The summed E-state index contributed by atoms with van der Waals surface area (Å²) in [5, 5.41) is 0. The Bertz CT molecular complexity index is 596. The Hall–Kier alpha value is -2.09. The fourth-order valence-corrected chi connectivity index (χ4v) is 2.09. The summed E-state index contributed by atoms with van der Waals surface area (Å²) in [6, 6.07) is 17.9. The van der Waals surface area contributed by atoms with E-state index in [-0.39, 0.29) is 11.2 Å². The predicted molar refractivity (Wildman–Crippen MR) is 84.7 cm³/mol. The van der Waals surface area contributed by atoms with Crippen molar-refractivity contribution in [2.75, 3.05) is 11.9 Å². The number of rotatable bonds is 3. The first-order valence-corrected chi connectivity index (χ1v) is 6.83.